The van der Waals surface area contributed by atoms with Crippen LogP contribution in [-0.4, -0.2) is 66.7 Å². The summed E-state index contributed by atoms with van der Waals surface area (Å²) in [5.41, 5.74) is 0. The van der Waals surface area contributed by atoms with E-state index in [-0.39, 0.29) is 0 Å². The minimum absolute atomic E-state index is 0.536. The Labute approximate surface area is 154 Å². The first-order valence-electron chi connectivity index (χ1n) is 9.09. The van der Waals surface area contributed by atoms with Gasteiger partial charge in [-0.1, -0.05) is 6.07 Å². The number of aliphatic imine (C=N–C) groups is 1. The fraction of sp³-hybridized carbons (Fsp3) is 0.421. The maximum Gasteiger partial charge on any atom is 0.194 e. The van der Waals surface area contributed by atoms with Crippen LogP contribution in [0.4, 0.5) is 5.82 Å². The average molecular weight is 354 g/mol. The molecule has 7 heteroatoms. The SMILES string of the molecule is CCNC(=NCCOc1cccnc1)N1CCN(c2ccccn2)CC1. The van der Waals surface area contributed by atoms with Gasteiger partial charge in [-0.2, -0.15) is 0 Å². The minimum Gasteiger partial charge on any atom is -0.490 e. The molecule has 2 aromatic heterocycles. The monoisotopic (exact) mass is 354 g/mol. The lowest BCUT2D eigenvalue weighted by molar-refractivity contribution is 0.324. The number of aromatic nitrogens is 2. The van der Waals surface area contributed by atoms with Crippen LogP contribution in [0.2, 0.25) is 0 Å². The first-order chi connectivity index (χ1) is 12.9. The lowest BCUT2D eigenvalue weighted by atomic mass is 10.3. The van der Waals surface area contributed by atoms with Crippen molar-refractivity contribution < 1.29 is 4.74 Å². The van der Waals surface area contributed by atoms with Crippen molar-refractivity contribution in [1.29, 1.82) is 0 Å². The van der Waals surface area contributed by atoms with E-state index in [4.69, 9.17) is 9.73 Å². The largest absolute Gasteiger partial charge is 0.490 e. The number of nitrogens with zero attached hydrogens (tertiary/aromatic N) is 5. The summed E-state index contributed by atoms with van der Waals surface area (Å²) in [6.07, 6.45) is 5.29. The van der Waals surface area contributed by atoms with E-state index in [1.54, 1.807) is 12.4 Å². The molecule has 0 aromatic carbocycles. The van der Waals surface area contributed by atoms with Gasteiger partial charge in [-0.3, -0.25) is 4.98 Å². The molecule has 0 aliphatic carbocycles. The Morgan fingerprint density at radius 3 is 2.73 bits per heavy atom. The number of anilines is 1. The molecular weight excluding hydrogens is 328 g/mol. The zero-order valence-electron chi connectivity index (χ0n) is 15.2. The van der Waals surface area contributed by atoms with E-state index in [1.165, 1.54) is 0 Å². The second-order valence-corrected chi connectivity index (χ2v) is 5.93. The molecule has 0 unspecified atom stereocenters. The Kier molecular flexibility index (Phi) is 6.64. The molecule has 0 bridgehead atoms. The van der Waals surface area contributed by atoms with Gasteiger partial charge in [0.1, 0.15) is 18.2 Å². The molecule has 0 amide bonds. The zero-order chi connectivity index (χ0) is 18.0. The molecule has 2 aromatic rings. The summed E-state index contributed by atoms with van der Waals surface area (Å²) in [7, 11) is 0. The molecule has 1 aliphatic rings. The number of hydrogen-bond acceptors (Lipinski definition) is 5. The first kappa shape index (κ1) is 18.0. The highest BCUT2D eigenvalue weighted by Crippen LogP contribution is 2.12. The van der Waals surface area contributed by atoms with Gasteiger partial charge in [0.15, 0.2) is 5.96 Å². The third-order valence-corrected chi connectivity index (χ3v) is 4.14. The molecule has 1 N–H and O–H groups in total. The van der Waals surface area contributed by atoms with Gasteiger partial charge < -0.3 is 19.9 Å². The Hall–Kier alpha value is -2.83. The highest BCUT2D eigenvalue weighted by Gasteiger charge is 2.20. The molecule has 26 heavy (non-hydrogen) atoms. The van der Waals surface area contributed by atoms with Crippen LogP contribution in [-0.2, 0) is 0 Å². The van der Waals surface area contributed by atoms with Crippen molar-refractivity contribution in [1.82, 2.24) is 20.2 Å². The highest BCUT2D eigenvalue weighted by molar-refractivity contribution is 5.80. The summed E-state index contributed by atoms with van der Waals surface area (Å²) in [5.74, 6) is 2.76. The van der Waals surface area contributed by atoms with Gasteiger partial charge in [0.25, 0.3) is 0 Å². The molecule has 3 rings (SSSR count). The predicted molar refractivity (Wildman–Crippen MR) is 104 cm³/mol. The van der Waals surface area contributed by atoms with Crippen LogP contribution in [0.5, 0.6) is 5.75 Å². The molecule has 1 fully saturated rings. The van der Waals surface area contributed by atoms with E-state index >= 15 is 0 Å². The summed E-state index contributed by atoms with van der Waals surface area (Å²) in [5, 5.41) is 3.38. The molecule has 3 heterocycles. The molecular formula is C19H26N6O. The Morgan fingerprint density at radius 2 is 2.04 bits per heavy atom. The Morgan fingerprint density at radius 1 is 1.15 bits per heavy atom. The number of hydrogen-bond donors (Lipinski definition) is 1. The second-order valence-electron chi connectivity index (χ2n) is 5.93. The summed E-state index contributed by atoms with van der Waals surface area (Å²) in [6, 6.07) is 9.80. The summed E-state index contributed by atoms with van der Waals surface area (Å²) >= 11 is 0. The number of ether oxygens (including phenoxy) is 1. The van der Waals surface area contributed by atoms with Crippen LogP contribution >= 0.6 is 0 Å². The normalized spacial score (nSPS) is 15.0. The lowest BCUT2D eigenvalue weighted by Crippen LogP contribution is -2.52. The molecule has 7 nitrogen and oxygen atoms in total. The van der Waals surface area contributed by atoms with Crippen LogP contribution in [0.15, 0.2) is 53.9 Å². The van der Waals surface area contributed by atoms with Crippen molar-refractivity contribution in [2.75, 3.05) is 50.8 Å². The van der Waals surface area contributed by atoms with Crippen LogP contribution in [0.3, 0.4) is 0 Å². The molecule has 0 radical (unpaired) electrons. The zero-order valence-corrected chi connectivity index (χ0v) is 15.2. The van der Waals surface area contributed by atoms with Crippen LogP contribution in [0.1, 0.15) is 6.92 Å². The van der Waals surface area contributed by atoms with Crippen LogP contribution < -0.4 is 15.0 Å². The third-order valence-electron chi connectivity index (χ3n) is 4.14. The number of pyridine rings is 2. The van der Waals surface area contributed by atoms with Crippen molar-refractivity contribution >= 4 is 11.8 Å². The van der Waals surface area contributed by atoms with Gasteiger partial charge in [-0.05, 0) is 31.2 Å². The van der Waals surface area contributed by atoms with Crippen LogP contribution in [0, 0.1) is 0 Å². The standard InChI is InChI=1S/C19H26N6O/c1-2-21-19(23-10-15-26-17-6-5-8-20-16-17)25-13-11-24(12-14-25)18-7-3-4-9-22-18/h3-9,16H,2,10-15H2,1H3,(H,21,23). The number of guanidine groups is 1. The maximum atomic E-state index is 5.66. The van der Waals surface area contributed by atoms with Gasteiger partial charge in [-0.15, -0.1) is 0 Å². The molecule has 0 spiro atoms. The van der Waals surface area contributed by atoms with E-state index in [2.05, 4.69) is 38.1 Å². The average Bonchev–Trinajstić information content (AvgIpc) is 2.72. The smallest absolute Gasteiger partial charge is 0.194 e. The Bertz CT molecular complexity index is 671. The summed E-state index contributed by atoms with van der Waals surface area (Å²) in [6.45, 7) is 7.81. The second kappa shape index (κ2) is 9.60. The summed E-state index contributed by atoms with van der Waals surface area (Å²) in [4.78, 5) is 17.8. The van der Waals surface area contributed by atoms with E-state index in [0.717, 1.165) is 50.3 Å². The first-order valence-corrected chi connectivity index (χ1v) is 9.09. The number of piperazine rings is 1. The highest BCUT2D eigenvalue weighted by atomic mass is 16.5. The maximum absolute atomic E-state index is 5.66. The molecule has 1 saturated heterocycles. The molecule has 1 aliphatic heterocycles. The fourth-order valence-electron chi connectivity index (χ4n) is 2.86. The predicted octanol–water partition coefficient (Wildman–Crippen LogP) is 1.64. The van der Waals surface area contributed by atoms with Crippen molar-refractivity contribution in [3.8, 4) is 5.75 Å². The summed E-state index contributed by atoms with van der Waals surface area (Å²) < 4.78 is 5.66. The van der Waals surface area contributed by atoms with Gasteiger partial charge >= 0.3 is 0 Å². The number of rotatable bonds is 6. The molecule has 0 saturated carbocycles. The van der Waals surface area contributed by atoms with Crippen molar-refractivity contribution in [3.05, 3.63) is 48.9 Å². The van der Waals surface area contributed by atoms with Gasteiger partial charge in [0, 0.05) is 45.1 Å². The topological polar surface area (TPSA) is 65.9 Å². The van der Waals surface area contributed by atoms with E-state index in [9.17, 15) is 0 Å². The Balaban J connectivity index is 1.50. The van der Waals surface area contributed by atoms with Crippen LogP contribution in [0.25, 0.3) is 0 Å². The molecule has 138 valence electrons. The minimum atomic E-state index is 0.536. The van der Waals surface area contributed by atoms with Gasteiger partial charge in [-0.25, -0.2) is 9.98 Å². The fourth-order valence-corrected chi connectivity index (χ4v) is 2.86. The van der Waals surface area contributed by atoms with E-state index < -0.39 is 0 Å². The van der Waals surface area contributed by atoms with Crippen molar-refractivity contribution in [2.24, 2.45) is 4.99 Å². The van der Waals surface area contributed by atoms with E-state index in [1.807, 2.05) is 30.5 Å². The molecule has 0 atom stereocenters. The van der Waals surface area contributed by atoms with Gasteiger partial charge in [0.2, 0.25) is 0 Å². The van der Waals surface area contributed by atoms with Crippen molar-refractivity contribution in [2.45, 2.75) is 6.92 Å². The lowest BCUT2D eigenvalue weighted by Gasteiger charge is -2.37. The van der Waals surface area contributed by atoms with Gasteiger partial charge in [0.05, 0.1) is 12.7 Å². The number of nitrogens with one attached hydrogen (secondary N) is 1. The van der Waals surface area contributed by atoms with E-state index in [0.29, 0.717) is 13.2 Å². The van der Waals surface area contributed by atoms with Crippen molar-refractivity contribution in [3.63, 3.8) is 0 Å². The quantitative estimate of drug-likeness (QED) is 0.483. The third kappa shape index (κ3) is 5.08.